The first-order valence-corrected chi connectivity index (χ1v) is 10.2. The van der Waals surface area contributed by atoms with Crippen molar-refractivity contribution in [1.82, 2.24) is 4.90 Å². The van der Waals surface area contributed by atoms with Crippen LogP contribution in [0.5, 0.6) is 0 Å². The molecule has 2 heterocycles. The lowest BCUT2D eigenvalue weighted by molar-refractivity contribution is 0.0537. The Morgan fingerprint density at radius 2 is 2.14 bits per heavy atom. The van der Waals surface area contributed by atoms with Crippen LogP contribution in [-0.2, 0) is 15.6 Å². The number of sulfone groups is 1. The number of piperidine rings is 1. The molecule has 124 valence electrons. The van der Waals surface area contributed by atoms with E-state index in [2.05, 4.69) is 13.8 Å². The van der Waals surface area contributed by atoms with Crippen molar-refractivity contribution in [3.63, 3.8) is 0 Å². The number of carbonyl (C=O) groups is 1. The van der Waals surface area contributed by atoms with Gasteiger partial charge in [0.1, 0.15) is 0 Å². The Hall–Kier alpha value is -0.920. The fraction of sp³-hybridized carbons (Fsp3) is 0.667. The summed E-state index contributed by atoms with van der Waals surface area (Å²) in [6.45, 7) is 7.29. The van der Waals surface area contributed by atoms with Gasteiger partial charge in [0.25, 0.3) is 5.91 Å². The molecule has 1 unspecified atom stereocenters. The van der Waals surface area contributed by atoms with E-state index >= 15 is 0 Å². The standard InChI is InChI=1S/C15H24N2O3S2/c1-10-11(8-22(4,19)20)7-12(21-10)14(18)17-6-5-13(16)15(2,3)9-17/h7,13H,5-6,8-9,16H2,1-4H3. The second-order valence-corrected chi connectivity index (χ2v) is 10.3. The van der Waals surface area contributed by atoms with Crippen molar-refractivity contribution in [2.24, 2.45) is 11.1 Å². The van der Waals surface area contributed by atoms with Crippen LogP contribution < -0.4 is 5.73 Å². The Morgan fingerprint density at radius 1 is 1.50 bits per heavy atom. The summed E-state index contributed by atoms with van der Waals surface area (Å²) >= 11 is 1.37. The van der Waals surface area contributed by atoms with Crippen LogP contribution in [0, 0.1) is 12.3 Å². The summed E-state index contributed by atoms with van der Waals surface area (Å²) in [7, 11) is -3.10. The minimum atomic E-state index is -3.10. The summed E-state index contributed by atoms with van der Waals surface area (Å²) in [5, 5.41) is 0. The number of nitrogens with zero attached hydrogens (tertiary/aromatic N) is 1. The van der Waals surface area contributed by atoms with Crippen LogP contribution >= 0.6 is 11.3 Å². The molecular weight excluding hydrogens is 320 g/mol. The molecule has 1 fully saturated rings. The molecule has 1 atom stereocenters. The number of likely N-dealkylation sites (tertiary alicyclic amines) is 1. The zero-order chi connectivity index (χ0) is 16.7. The van der Waals surface area contributed by atoms with E-state index in [9.17, 15) is 13.2 Å². The molecule has 5 nitrogen and oxygen atoms in total. The molecule has 0 radical (unpaired) electrons. The van der Waals surface area contributed by atoms with Gasteiger partial charge in [0.05, 0.1) is 10.6 Å². The number of amides is 1. The number of rotatable bonds is 3. The van der Waals surface area contributed by atoms with Crippen molar-refractivity contribution in [3.05, 3.63) is 21.4 Å². The second-order valence-electron chi connectivity index (χ2n) is 6.87. The van der Waals surface area contributed by atoms with Gasteiger partial charge in [-0.3, -0.25) is 4.79 Å². The van der Waals surface area contributed by atoms with Gasteiger partial charge in [0.15, 0.2) is 9.84 Å². The van der Waals surface area contributed by atoms with Gasteiger partial charge in [-0.2, -0.15) is 0 Å². The number of carbonyl (C=O) groups excluding carboxylic acids is 1. The van der Waals surface area contributed by atoms with Gasteiger partial charge in [-0.1, -0.05) is 13.8 Å². The molecule has 0 spiro atoms. The third-order valence-electron chi connectivity index (χ3n) is 4.25. The highest BCUT2D eigenvalue weighted by molar-refractivity contribution is 7.89. The first-order valence-electron chi connectivity index (χ1n) is 7.31. The van der Waals surface area contributed by atoms with Gasteiger partial charge >= 0.3 is 0 Å². The third-order valence-corrected chi connectivity index (χ3v) is 6.16. The van der Waals surface area contributed by atoms with Gasteiger partial charge in [0, 0.05) is 30.3 Å². The minimum Gasteiger partial charge on any atom is -0.337 e. The number of hydrogen-bond acceptors (Lipinski definition) is 5. The van der Waals surface area contributed by atoms with Crippen LogP contribution in [0.4, 0.5) is 0 Å². The highest BCUT2D eigenvalue weighted by Crippen LogP contribution is 2.30. The number of thiophene rings is 1. The van der Waals surface area contributed by atoms with Crippen LogP contribution in [0.25, 0.3) is 0 Å². The fourth-order valence-corrected chi connectivity index (χ4v) is 4.72. The van der Waals surface area contributed by atoms with Crippen LogP contribution in [-0.4, -0.2) is 44.6 Å². The van der Waals surface area contributed by atoms with Crippen molar-refractivity contribution in [1.29, 1.82) is 0 Å². The van der Waals surface area contributed by atoms with Gasteiger partial charge in [0.2, 0.25) is 0 Å². The first-order chi connectivity index (χ1) is 9.99. The average molecular weight is 345 g/mol. The van der Waals surface area contributed by atoms with Crippen molar-refractivity contribution in [3.8, 4) is 0 Å². The molecule has 2 rings (SSSR count). The van der Waals surface area contributed by atoms with E-state index < -0.39 is 9.84 Å². The normalized spacial score (nSPS) is 21.9. The van der Waals surface area contributed by atoms with E-state index in [1.807, 2.05) is 11.8 Å². The zero-order valence-electron chi connectivity index (χ0n) is 13.5. The molecule has 0 aromatic carbocycles. The van der Waals surface area contributed by atoms with Crippen molar-refractivity contribution in [2.75, 3.05) is 19.3 Å². The van der Waals surface area contributed by atoms with Gasteiger partial charge in [-0.05, 0) is 30.4 Å². The quantitative estimate of drug-likeness (QED) is 0.907. The molecule has 1 aromatic heterocycles. The Kier molecular flexibility index (Phi) is 4.71. The molecule has 0 saturated carbocycles. The minimum absolute atomic E-state index is 0.0149. The summed E-state index contributed by atoms with van der Waals surface area (Å²) in [5.41, 5.74) is 6.73. The molecular formula is C15H24N2O3S2. The zero-order valence-corrected chi connectivity index (χ0v) is 15.2. The topological polar surface area (TPSA) is 80.5 Å². The summed E-state index contributed by atoms with van der Waals surface area (Å²) in [6, 6.07) is 1.83. The van der Waals surface area contributed by atoms with E-state index in [0.29, 0.717) is 18.0 Å². The van der Waals surface area contributed by atoms with Gasteiger partial charge in [-0.15, -0.1) is 11.3 Å². The Balaban J connectivity index is 2.19. The lowest BCUT2D eigenvalue weighted by Crippen LogP contribution is -2.53. The first kappa shape index (κ1) is 17.4. The predicted octanol–water partition coefficient (Wildman–Crippen LogP) is 1.80. The van der Waals surface area contributed by atoms with Crippen molar-refractivity contribution < 1.29 is 13.2 Å². The summed E-state index contributed by atoms with van der Waals surface area (Å²) in [6.07, 6.45) is 2.00. The molecule has 1 amide bonds. The van der Waals surface area contributed by atoms with Gasteiger partial charge < -0.3 is 10.6 Å². The predicted molar refractivity (Wildman–Crippen MR) is 89.9 cm³/mol. The summed E-state index contributed by atoms with van der Waals surface area (Å²) < 4.78 is 22.9. The lowest BCUT2D eigenvalue weighted by atomic mass is 9.79. The summed E-state index contributed by atoms with van der Waals surface area (Å²) in [5.74, 6) is -0.0354. The molecule has 2 N–H and O–H groups in total. The molecule has 1 saturated heterocycles. The van der Waals surface area contributed by atoms with E-state index in [4.69, 9.17) is 5.73 Å². The number of hydrogen-bond donors (Lipinski definition) is 1. The second kappa shape index (κ2) is 5.94. The molecule has 1 aromatic rings. The Labute approximate surface area is 136 Å². The van der Waals surface area contributed by atoms with Crippen LogP contribution in [0.1, 0.15) is 40.4 Å². The maximum atomic E-state index is 12.7. The monoisotopic (exact) mass is 344 g/mol. The lowest BCUT2D eigenvalue weighted by Gasteiger charge is -2.42. The van der Waals surface area contributed by atoms with E-state index in [1.165, 1.54) is 17.6 Å². The van der Waals surface area contributed by atoms with E-state index in [1.54, 1.807) is 6.07 Å². The largest absolute Gasteiger partial charge is 0.337 e. The van der Waals surface area contributed by atoms with Crippen LogP contribution in [0.15, 0.2) is 6.07 Å². The number of aryl methyl sites for hydroxylation is 1. The van der Waals surface area contributed by atoms with E-state index in [-0.39, 0.29) is 23.1 Å². The fourth-order valence-electron chi connectivity index (χ4n) is 2.75. The molecule has 22 heavy (non-hydrogen) atoms. The molecule has 0 aliphatic carbocycles. The highest BCUT2D eigenvalue weighted by atomic mass is 32.2. The molecule has 1 aliphatic rings. The Morgan fingerprint density at radius 3 is 2.68 bits per heavy atom. The van der Waals surface area contributed by atoms with Crippen LogP contribution in [0.3, 0.4) is 0 Å². The third kappa shape index (κ3) is 3.88. The molecule has 0 bridgehead atoms. The van der Waals surface area contributed by atoms with Crippen molar-refractivity contribution >= 4 is 27.1 Å². The van der Waals surface area contributed by atoms with E-state index in [0.717, 1.165) is 16.9 Å². The van der Waals surface area contributed by atoms with Crippen LogP contribution in [0.2, 0.25) is 0 Å². The maximum Gasteiger partial charge on any atom is 0.263 e. The molecule has 7 heteroatoms. The maximum absolute atomic E-state index is 12.7. The van der Waals surface area contributed by atoms with Crippen molar-refractivity contribution in [2.45, 2.75) is 39.0 Å². The van der Waals surface area contributed by atoms with Gasteiger partial charge in [-0.25, -0.2) is 8.42 Å². The smallest absolute Gasteiger partial charge is 0.263 e. The summed E-state index contributed by atoms with van der Waals surface area (Å²) in [4.78, 5) is 16.0. The average Bonchev–Trinajstić information content (AvgIpc) is 2.71. The molecule has 1 aliphatic heterocycles. The Bertz CT molecular complexity index is 677. The number of nitrogens with two attached hydrogens (primary N) is 1. The SMILES string of the molecule is Cc1sc(C(=O)N2CCC(N)C(C)(C)C2)cc1CS(C)(=O)=O. The highest BCUT2D eigenvalue weighted by Gasteiger charge is 2.36.